The third kappa shape index (κ3) is 2.47. The summed E-state index contributed by atoms with van der Waals surface area (Å²) in [5, 5.41) is 0.583. The van der Waals surface area contributed by atoms with Crippen LogP contribution in [0.5, 0.6) is 0 Å². The molecule has 0 amide bonds. The Bertz CT molecular complexity index is 203. The van der Waals surface area contributed by atoms with Gasteiger partial charge >= 0.3 is 0 Å². The molecule has 0 saturated heterocycles. The second kappa shape index (κ2) is 4.98. The first-order valence-electron chi connectivity index (χ1n) is 2.64. The van der Waals surface area contributed by atoms with Crippen LogP contribution >= 0.6 is 15.9 Å². The Balaban J connectivity index is 0.000000810. The molecule has 1 rings (SSSR count). The van der Waals surface area contributed by atoms with E-state index in [1.165, 1.54) is 6.07 Å². The number of benzene rings is 1. The van der Waals surface area contributed by atoms with Crippen molar-refractivity contribution in [1.29, 1.82) is 0 Å². The quantitative estimate of drug-likeness (QED) is 0.534. The summed E-state index contributed by atoms with van der Waals surface area (Å²) in [5.41, 5.74) is 0.706. The summed E-state index contributed by atoms with van der Waals surface area (Å²) in [5.74, 6) is -0.144. The van der Waals surface area contributed by atoms with E-state index in [1.807, 2.05) is 6.07 Å². The molecular weight excluding hydrogens is 248 g/mol. The average molecular weight is 254 g/mol. The van der Waals surface area contributed by atoms with E-state index in [-0.39, 0.29) is 25.3 Å². The van der Waals surface area contributed by atoms with Crippen LogP contribution in [-0.2, 0) is 24.8 Å². The van der Waals surface area contributed by atoms with Gasteiger partial charge in [0.15, 0.2) is 0 Å². The summed E-state index contributed by atoms with van der Waals surface area (Å²) in [6.45, 7) is 0. The van der Waals surface area contributed by atoms with E-state index in [0.29, 0.717) is 10.9 Å². The molecule has 0 spiro atoms. The van der Waals surface area contributed by atoms with Crippen molar-refractivity contribution in [1.82, 2.24) is 0 Å². The SMILES string of the molecule is Fc1ccccc1CBr.[Zn]. The largest absolute Gasteiger partial charge is 0.207 e. The summed E-state index contributed by atoms with van der Waals surface area (Å²) in [7, 11) is 0. The Hall–Kier alpha value is 0.253. The predicted molar refractivity (Wildman–Crippen MR) is 39.0 cm³/mol. The van der Waals surface area contributed by atoms with Crippen molar-refractivity contribution in [3.8, 4) is 0 Å². The van der Waals surface area contributed by atoms with Gasteiger partial charge in [0.25, 0.3) is 0 Å². The van der Waals surface area contributed by atoms with Crippen molar-refractivity contribution in [2.24, 2.45) is 0 Å². The molecular formula is C7H6BrFZn. The van der Waals surface area contributed by atoms with Crippen molar-refractivity contribution < 1.29 is 23.9 Å². The van der Waals surface area contributed by atoms with Crippen LogP contribution in [0.4, 0.5) is 4.39 Å². The fourth-order valence-corrected chi connectivity index (χ4v) is 1.06. The first-order chi connectivity index (χ1) is 4.34. The molecule has 0 fully saturated rings. The van der Waals surface area contributed by atoms with Crippen LogP contribution in [0, 0.1) is 5.82 Å². The number of hydrogen-bond donors (Lipinski definition) is 0. The zero-order chi connectivity index (χ0) is 6.69. The third-order valence-electron chi connectivity index (χ3n) is 1.10. The van der Waals surface area contributed by atoms with Gasteiger partial charge in [-0.15, -0.1) is 0 Å². The normalized spacial score (nSPS) is 8.60. The zero-order valence-corrected chi connectivity index (χ0v) is 10.0. The summed E-state index contributed by atoms with van der Waals surface area (Å²) >= 11 is 3.17. The van der Waals surface area contributed by atoms with Crippen LogP contribution in [0.1, 0.15) is 5.56 Å². The number of alkyl halides is 1. The molecule has 50 valence electrons. The number of hydrogen-bond acceptors (Lipinski definition) is 0. The molecule has 10 heavy (non-hydrogen) atoms. The van der Waals surface area contributed by atoms with Gasteiger partial charge < -0.3 is 0 Å². The molecule has 0 atom stereocenters. The van der Waals surface area contributed by atoms with E-state index in [1.54, 1.807) is 12.1 Å². The van der Waals surface area contributed by atoms with Gasteiger partial charge in [-0.3, -0.25) is 0 Å². The van der Waals surface area contributed by atoms with Crippen LogP contribution in [0.3, 0.4) is 0 Å². The Morgan fingerprint density at radius 1 is 1.30 bits per heavy atom. The van der Waals surface area contributed by atoms with E-state index in [0.717, 1.165) is 0 Å². The minimum atomic E-state index is -0.144. The fourth-order valence-electron chi connectivity index (χ4n) is 0.607. The Morgan fingerprint density at radius 2 is 1.90 bits per heavy atom. The van der Waals surface area contributed by atoms with Crippen LogP contribution in [0.2, 0.25) is 0 Å². The van der Waals surface area contributed by atoms with Crippen LogP contribution in [0.25, 0.3) is 0 Å². The van der Waals surface area contributed by atoms with Gasteiger partial charge in [-0.25, -0.2) is 4.39 Å². The van der Waals surface area contributed by atoms with Gasteiger partial charge in [0.2, 0.25) is 0 Å². The number of halogens is 2. The molecule has 0 saturated carbocycles. The van der Waals surface area contributed by atoms with Crippen LogP contribution < -0.4 is 0 Å². The minimum Gasteiger partial charge on any atom is -0.207 e. The van der Waals surface area contributed by atoms with Crippen molar-refractivity contribution in [2.75, 3.05) is 0 Å². The molecule has 1 aromatic carbocycles. The monoisotopic (exact) mass is 252 g/mol. The molecule has 0 heterocycles. The summed E-state index contributed by atoms with van der Waals surface area (Å²) < 4.78 is 12.6. The summed E-state index contributed by atoms with van der Waals surface area (Å²) in [4.78, 5) is 0. The Kier molecular flexibility index (Phi) is 5.10. The van der Waals surface area contributed by atoms with Crippen LogP contribution in [0.15, 0.2) is 24.3 Å². The van der Waals surface area contributed by atoms with Crippen molar-refractivity contribution >= 4 is 15.9 Å². The van der Waals surface area contributed by atoms with Gasteiger partial charge in [-0.1, -0.05) is 34.1 Å². The van der Waals surface area contributed by atoms with Gasteiger partial charge in [-0.05, 0) is 11.6 Å². The molecule has 0 unspecified atom stereocenters. The Morgan fingerprint density at radius 3 is 2.30 bits per heavy atom. The van der Waals surface area contributed by atoms with Gasteiger partial charge in [0.1, 0.15) is 5.82 Å². The molecule has 0 N–H and O–H groups in total. The molecule has 0 radical (unpaired) electrons. The molecule has 0 aromatic heterocycles. The summed E-state index contributed by atoms with van der Waals surface area (Å²) in [6.07, 6.45) is 0. The topological polar surface area (TPSA) is 0 Å². The molecule has 0 aliphatic heterocycles. The molecule has 1 aromatic rings. The van der Waals surface area contributed by atoms with Crippen molar-refractivity contribution in [3.05, 3.63) is 35.6 Å². The molecule has 0 bridgehead atoms. The summed E-state index contributed by atoms with van der Waals surface area (Å²) in [6, 6.07) is 6.71. The Labute approximate surface area is 80.7 Å². The molecule has 3 heteroatoms. The fraction of sp³-hybridized carbons (Fsp3) is 0.143. The zero-order valence-electron chi connectivity index (χ0n) is 5.48. The van der Waals surface area contributed by atoms with Gasteiger partial charge in [0.05, 0.1) is 0 Å². The van der Waals surface area contributed by atoms with E-state index in [4.69, 9.17) is 0 Å². The maximum atomic E-state index is 12.6. The maximum absolute atomic E-state index is 12.6. The first-order valence-corrected chi connectivity index (χ1v) is 3.76. The molecule has 0 aliphatic carbocycles. The van der Waals surface area contributed by atoms with E-state index < -0.39 is 0 Å². The van der Waals surface area contributed by atoms with Gasteiger partial charge in [0, 0.05) is 24.8 Å². The first kappa shape index (κ1) is 10.3. The molecule has 0 nitrogen and oxygen atoms in total. The minimum absolute atomic E-state index is 0. The van der Waals surface area contributed by atoms with Crippen molar-refractivity contribution in [3.63, 3.8) is 0 Å². The molecule has 0 aliphatic rings. The second-order valence-corrected chi connectivity index (χ2v) is 2.29. The van der Waals surface area contributed by atoms with Crippen LogP contribution in [-0.4, -0.2) is 0 Å². The second-order valence-electron chi connectivity index (χ2n) is 1.73. The van der Waals surface area contributed by atoms with E-state index >= 15 is 0 Å². The van der Waals surface area contributed by atoms with Crippen molar-refractivity contribution in [2.45, 2.75) is 5.33 Å². The smallest absolute Gasteiger partial charge is 0.127 e. The predicted octanol–water partition coefficient (Wildman–Crippen LogP) is 2.72. The average Bonchev–Trinajstić information content (AvgIpc) is 1.89. The maximum Gasteiger partial charge on any atom is 0.127 e. The number of rotatable bonds is 1. The standard InChI is InChI=1S/C7H6BrF.Zn/c8-5-6-3-1-2-4-7(6)9;/h1-4H,5H2;. The van der Waals surface area contributed by atoms with E-state index in [2.05, 4.69) is 15.9 Å². The van der Waals surface area contributed by atoms with Gasteiger partial charge in [-0.2, -0.15) is 0 Å². The van der Waals surface area contributed by atoms with E-state index in [9.17, 15) is 4.39 Å². The third-order valence-corrected chi connectivity index (χ3v) is 1.71.